The lowest BCUT2D eigenvalue weighted by molar-refractivity contribution is -0.117. The minimum absolute atomic E-state index is 0. The Morgan fingerprint density at radius 3 is 1.97 bits per heavy atom. The molecule has 0 atom stereocenters. The number of sulfonamides is 1. The maximum atomic E-state index is 12.7. The lowest BCUT2D eigenvalue weighted by Gasteiger charge is -2.26. The zero-order valence-corrected chi connectivity index (χ0v) is 23.8. The number of hydrogen-bond acceptors (Lipinski definition) is 5. The SMILES string of the molecule is CC.CC(=O)NS(=O)(=O)c1nc(-c2cc(C(C)(C)C)cc(C(C)(C)C)c2)n(CC2CCCCC2)n1.[HH]. The molecule has 1 amide bonds. The van der Waals surface area contributed by atoms with Crippen molar-refractivity contribution in [1.29, 1.82) is 0 Å². The van der Waals surface area contributed by atoms with Gasteiger partial charge < -0.3 is 0 Å². The molecule has 198 valence electrons. The highest BCUT2D eigenvalue weighted by molar-refractivity contribution is 7.89. The maximum absolute atomic E-state index is 12.7. The van der Waals surface area contributed by atoms with Crippen molar-refractivity contribution in [2.45, 2.75) is 117 Å². The lowest BCUT2D eigenvalue weighted by Crippen LogP contribution is -2.29. The van der Waals surface area contributed by atoms with Crippen molar-refractivity contribution in [3.63, 3.8) is 0 Å². The average molecular weight is 507 g/mol. The molecule has 1 saturated carbocycles. The predicted octanol–water partition coefficient (Wildman–Crippen LogP) is 6.22. The monoisotopic (exact) mass is 506 g/mol. The van der Waals surface area contributed by atoms with Crippen LogP contribution < -0.4 is 4.72 Å². The Morgan fingerprint density at radius 1 is 1.00 bits per heavy atom. The van der Waals surface area contributed by atoms with E-state index in [4.69, 9.17) is 0 Å². The minimum Gasteiger partial charge on any atom is -0.274 e. The molecule has 3 rings (SSSR count). The topological polar surface area (TPSA) is 94.0 Å². The summed E-state index contributed by atoms with van der Waals surface area (Å²) in [5.41, 5.74) is 2.98. The third kappa shape index (κ3) is 7.63. The van der Waals surface area contributed by atoms with Crippen molar-refractivity contribution in [2.75, 3.05) is 0 Å². The second kappa shape index (κ2) is 11.2. The fraction of sp³-hybridized carbons (Fsp3) is 0.667. The zero-order valence-electron chi connectivity index (χ0n) is 23.0. The van der Waals surface area contributed by atoms with Crippen LogP contribution in [0, 0.1) is 5.92 Å². The zero-order chi connectivity index (χ0) is 26.6. The standard InChI is InChI=1S/C25H38N4O3S.C2H6.H2/c1-17(30)28-33(31,32)23-26-22(29(27-23)16-18-11-9-8-10-12-18)19-13-20(24(2,3)4)15-21(14-19)25(5,6)7;1-2;/h13-15,18H,8-12,16H2,1-7H3,(H,28,30);1-2H3;1H. The molecule has 7 nitrogen and oxygen atoms in total. The Balaban J connectivity index is 0.00000211. The second-order valence-corrected chi connectivity index (χ2v) is 12.9. The number of nitrogens with zero attached hydrogens (tertiary/aromatic N) is 3. The van der Waals surface area contributed by atoms with Gasteiger partial charge in [0.05, 0.1) is 0 Å². The van der Waals surface area contributed by atoms with Crippen LogP contribution in [0.1, 0.15) is 107 Å². The van der Waals surface area contributed by atoms with Gasteiger partial charge in [-0.2, -0.15) is 13.4 Å². The van der Waals surface area contributed by atoms with Gasteiger partial charge in [-0.1, -0.05) is 80.7 Å². The molecule has 0 bridgehead atoms. The van der Waals surface area contributed by atoms with Crippen LogP contribution in [0.4, 0.5) is 0 Å². The number of amides is 1. The first kappa shape index (κ1) is 29.0. The highest BCUT2D eigenvalue weighted by Gasteiger charge is 2.28. The van der Waals surface area contributed by atoms with E-state index in [-0.39, 0.29) is 17.4 Å². The summed E-state index contributed by atoms with van der Waals surface area (Å²) in [7, 11) is -4.13. The number of carbonyl (C=O) groups is 1. The third-order valence-electron chi connectivity index (χ3n) is 6.25. The molecule has 1 aliphatic carbocycles. The van der Waals surface area contributed by atoms with Crippen molar-refractivity contribution in [2.24, 2.45) is 5.92 Å². The smallest absolute Gasteiger partial charge is 0.274 e. The van der Waals surface area contributed by atoms with Gasteiger partial charge in [0.15, 0.2) is 5.82 Å². The van der Waals surface area contributed by atoms with E-state index < -0.39 is 15.9 Å². The summed E-state index contributed by atoms with van der Waals surface area (Å²) in [6.07, 6.45) is 5.80. The summed E-state index contributed by atoms with van der Waals surface area (Å²) in [4.78, 5) is 15.9. The van der Waals surface area contributed by atoms with Gasteiger partial charge in [-0.3, -0.25) is 4.79 Å². The molecule has 0 unspecified atom stereocenters. The number of hydrogen-bond donors (Lipinski definition) is 1. The van der Waals surface area contributed by atoms with Gasteiger partial charge in [-0.15, -0.1) is 5.10 Å². The van der Waals surface area contributed by atoms with Crippen LogP contribution in [0.2, 0.25) is 0 Å². The number of rotatable bonds is 5. The van der Waals surface area contributed by atoms with Crippen LogP contribution in [-0.4, -0.2) is 29.1 Å². The summed E-state index contributed by atoms with van der Waals surface area (Å²) in [6, 6.07) is 6.40. The number of benzene rings is 1. The molecule has 1 aliphatic rings. The molecule has 1 fully saturated rings. The van der Waals surface area contributed by atoms with E-state index in [1.54, 1.807) is 4.68 Å². The molecule has 0 radical (unpaired) electrons. The molecule has 1 aromatic carbocycles. The fourth-order valence-electron chi connectivity index (χ4n) is 4.25. The van der Waals surface area contributed by atoms with E-state index >= 15 is 0 Å². The van der Waals surface area contributed by atoms with Gasteiger partial charge in [0.1, 0.15) is 0 Å². The van der Waals surface area contributed by atoms with Crippen molar-refractivity contribution in [3.8, 4) is 11.4 Å². The first-order valence-electron chi connectivity index (χ1n) is 12.8. The van der Waals surface area contributed by atoms with E-state index in [2.05, 4.69) is 69.8 Å². The molecule has 0 spiro atoms. The fourth-order valence-corrected chi connectivity index (χ4v) is 5.13. The number of nitrogens with one attached hydrogen (secondary N) is 1. The van der Waals surface area contributed by atoms with Crippen LogP contribution in [0.25, 0.3) is 11.4 Å². The Kier molecular flexibility index (Phi) is 9.31. The summed E-state index contributed by atoms with van der Waals surface area (Å²) >= 11 is 0. The summed E-state index contributed by atoms with van der Waals surface area (Å²) < 4.78 is 29.2. The normalized spacial score (nSPS) is 15.3. The molecular weight excluding hydrogens is 460 g/mol. The molecule has 8 heteroatoms. The van der Waals surface area contributed by atoms with Crippen LogP contribution in [0.15, 0.2) is 23.4 Å². The number of aromatic nitrogens is 3. The molecule has 0 aliphatic heterocycles. The third-order valence-corrected chi connectivity index (χ3v) is 7.46. The van der Waals surface area contributed by atoms with Gasteiger partial charge in [0, 0.05) is 20.5 Å². The van der Waals surface area contributed by atoms with Gasteiger partial charge in [0.2, 0.25) is 5.91 Å². The second-order valence-electron chi connectivity index (χ2n) is 11.4. The molecule has 1 N–H and O–H groups in total. The van der Waals surface area contributed by atoms with Crippen LogP contribution in [0.3, 0.4) is 0 Å². The molecule has 0 saturated heterocycles. The summed E-state index contributed by atoms with van der Waals surface area (Å²) in [5.74, 6) is 0.300. The maximum Gasteiger partial charge on any atom is 0.301 e. The van der Waals surface area contributed by atoms with Crippen LogP contribution in [-0.2, 0) is 32.2 Å². The van der Waals surface area contributed by atoms with Gasteiger partial charge >= 0.3 is 10.0 Å². The molecule has 2 aromatic rings. The van der Waals surface area contributed by atoms with E-state index in [0.717, 1.165) is 29.5 Å². The minimum atomic E-state index is -4.13. The van der Waals surface area contributed by atoms with E-state index in [1.807, 2.05) is 18.6 Å². The van der Waals surface area contributed by atoms with Gasteiger partial charge in [0.25, 0.3) is 5.16 Å². The molecule has 1 heterocycles. The van der Waals surface area contributed by atoms with E-state index in [1.165, 1.54) is 26.2 Å². The highest BCUT2D eigenvalue weighted by Crippen LogP contribution is 2.34. The first-order chi connectivity index (χ1) is 16.2. The van der Waals surface area contributed by atoms with Gasteiger partial charge in [-0.25, -0.2) is 9.40 Å². The van der Waals surface area contributed by atoms with Crippen molar-refractivity contribution in [1.82, 2.24) is 19.5 Å². The van der Waals surface area contributed by atoms with E-state index in [0.29, 0.717) is 18.3 Å². The molecule has 35 heavy (non-hydrogen) atoms. The van der Waals surface area contributed by atoms with Crippen LogP contribution >= 0.6 is 0 Å². The highest BCUT2D eigenvalue weighted by atomic mass is 32.2. The number of carbonyl (C=O) groups excluding carboxylic acids is 1. The summed E-state index contributed by atoms with van der Waals surface area (Å²) in [5, 5.41) is 4.03. The van der Waals surface area contributed by atoms with Gasteiger partial charge in [-0.05, 0) is 52.8 Å². The summed E-state index contributed by atoms with van der Waals surface area (Å²) in [6.45, 7) is 18.8. The lowest BCUT2D eigenvalue weighted by atomic mass is 9.79. The van der Waals surface area contributed by atoms with Crippen LogP contribution in [0.5, 0.6) is 0 Å². The first-order valence-corrected chi connectivity index (χ1v) is 14.3. The Morgan fingerprint density at radius 2 is 1.51 bits per heavy atom. The largest absolute Gasteiger partial charge is 0.301 e. The molecule has 1 aromatic heterocycles. The predicted molar refractivity (Wildman–Crippen MR) is 144 cm³/mol. The Bertz CT molecular complexity index is 1090. The molecular formula is C27H46N4O3S. The quantitative estimate of drug-likeness (QED) is 0.520. The van der Waals surface area contributed by atoms with Crippen molar-refractivity contribution in [3.05, 3.63) is 29.3 Å². The van der Waals surface area contributed by atoms with Crippen molar-refractivity contribution < 1.29 is 14.6 Å². The van der Waals surface area contributed by atoms with E-state index in [9.17, 15) is 13.2 Å². The van der Waals surface area contributed by atoms with Crippen molar-refractivity contribution >= 4 is 15.9 Å². The average Bonchev–Trinajstić information content (AvgIpc) is 3.18. The Hall–Kier alpha value is -2.22. The Labute approximate surface area is 213 Å².